The Labute approximate surface area is 72.7 Å². The first kappa shape index (κ1) is 7.60. The number of nitrogens with one attached hydrogen (secondary N) is 1. The Morgan fingerprint density at radius 1 is 1.15 bits per heavy atom. The molecule has 0 amide bonds. The lowest BCUT2D eigenvalue weighted by molar-refractivity contribution is 0.270. The number of hydrogen-bond acceptors (Lipinski definition) is 5. The van der Waals surface area contributed by atoms with Gasteiger partial charge in [0.2, 0.25) is 0 Å². The van der Waals surface area contributed by atoms with E-state index in [1.54, 1.807) is 6.07 Å². The predicted molar refractivity (Wildman–Crippen MR) is 44.4 cm³/mol. The third kappa shape index (κ3) is 1.01. The standard InChI is InChI=1S/C8H6N2O3/c9-10-4-1-2-5-6(3-4)8(12)13-7(5)11/h1-3,9,11-12H. The van der Waals surface area contributed by atoms with Crippen molar-refractivity contribution in [3.63, 3.8) is 0 Å². The summed E-state index contributed by atoms with van der Waals surface area (Å²) < 4.78 is 4.57. The van der Waals surface area contributed by atoms with Crippen molar-refractivity contribution in [2.75, 3.05) is 0 Å². The molecule has 0 unspecified atom stereocenters. The molecular formula is C8H6N2O3. The lowest BCUT2D eigenvalue weighted by atomic mass is 10.2. The van der Waals surface area contributed by atoms with Crippen molar-refractivity contribution in [1.29, 1.82) is 5.53 Å². The Bertz CT molecular complexity index is 475. The van der Waals surface area contributed by atoms with E-state index in [9.17, 15) is 5.11 Å². The highest BCUT2D eigenvalue weighted by Gasteiger charge is 2.11. The maximum Gasteiger partial charge on any atom is 0.293 e. The molecule has 0 atom stereocenters. The van der Waals surface area contributed by atoms with Crippen LogP contribution in [0, 0.1) is 5.53 Å². The SMILES string of the molecule is N=Nc1ccc2c(O)oc(O)c2c1. The fourth-order valence-electron chi connectivity index (χ4n) is 1.17. The van der Waals surface area contributed by atoms with Gasteiger partial charge in [0.15, 0.2) is 0 Å². The molecular weight excluding hydrogens is 172 g/mol. The second kappa shape index (κ2) is 2.48. The van der Waals surface area contributed by atoms with Crippen LogP contribution in [-0.2, 0) is 0 Å². The molecule has 5 heteroatoms. The quantitative estimate of drug-likeness (QED) is 0.586. The zero-order chi connectivity index (χ0) is 9.42. The Kier molecular flexibility index (Phi) is 1.45. The Hall–Kier alpha value is -2.04. The molecule has 5 nitrogen and oxygen atoms in total. The van der Waals surface area contributed by atoms with Gasteiger partial charge in [0, 0.05) is 0 Å². The molecule has 0 fully saturated rings. The third-order valence-corrected chi connectivity index (χ3v) is 1.79. The van der Waals surface area contributed by atoms with Crippen LogP contribution in [0.25, 0.3) is 10.8 Å². The second-order valence-electron chi connectivity index (χ2n) is 2.55. The van der Waals surface area contributed by atoms with Gasteiger partial charge in [-0.3, -0.25) is 0 Å². The van der Waals surface area contributed by atoms with Crippen molar-refractivity contribution in [3.8, 4) is 11.9 Å². The molecule has 0 aliphatic carbocycles. The van der Waals surface area contributed by atoms with Gasteiger partial charge >= 0.3 is 0 Å². The second-order valence-corrected chi connectivity index (χ2v) is 2.55. The predicted octanol–water partition coefficient (Wildman–Crippen LogP) is 2.51. The van der Waals surface area contributed by atoms with Gasteiger partial charge in [-0.2, -0.15) is 5.11 Å². The summed E-state index contributed by atoms with van der Waals surface area (Å²) >= 11 is 0. The summed E-state index contributed by atoms with van der Waals surface area (Å²) in [5.74, 6) is -0.693. The monoisotopic (exact) mass is 178 g/mol. The molecule has 13 heavy (non-hydrogen) atoms. The first-order valence-corrected chi connectivity index (χ1v) is 3.54. The number of fused-ring (bicyclic) bond motifs is 1. The average molecular weight is 178 g/mol. The molecule has 0 aliphatic rings. The van der Waals surface area contributed by atoms with Gasteiger partial charge in [-0.25, -0.2) is 5.53 Å². The van der Waals surface area contributed by atoms with Gasteiger partial charge in [0.25, 0.3) is 11.9 Å². The van der Waals surface area contributed by atoms with E-state index in [4.69, 9.17) is 10.6 Å². The number of rotatable bonds is 1. The van der Waals surface area contributed by atoms with Crippen molar-refractivity contribution in [2.24, 2.45) is 5.11 Å². The third-order valence-electron chi connectivity index (χ3n) is 1.79. The van der Waals surface area contributed by atoms with E-state index in [1.165, 1.54) is 12.1 Å². The van der Waals surface area contributed by atoms with Gasteiger partial charge < -0.3 is 14.6 Å². The summed E-state index contributed by atoms with van der Waals surface area (Å²) in [5.41, 5.74) is 7.14. The van der Waals surface area contributed by atoms with Crippen LogP contribution in [0.1, 0.15) is 0 Å². The number of furan rings is 1. The molecule has 2 aromatic rings. The minimum absolute atomic E-state index is 0.330. The summed E-state index contributed by atoms with van der Waals surface area (Å²) in [6.07, 6.45) is 0. The van der Waals surface area contributed by atoms with Crippen molar-refractivity contribution >= 4 is 16.5 Å². The number of benzene rings is 1. The van der Waals surface area contributed by atoms with Crippen LogP contribution < -0.4 is 0 Å². The van der Waals surface area contributed by atoms with Crippen molar-refractivity contribution in [3.05, 3.63) is 18.2 Å². The first-order chi connectivity index (χ1) is 6.22. The van der Waals surface area contributed by atoms with Gasteiger partial charge in [0.05, 0.1) is 16.5 Å². The lowest BCUT2D eigenvalue weighted by Gasteiger charge is -1.90. The molecule has 0 saturated heterocycles. The fourth-order valence-corrected chi connectivity index (χ4v) is 1.17. The van der Waals surface area contributed by atoms with Crippen molar-refractivity contribution in [1.82, 2.24) is 0 Å². The highest BCUT2D eigenvalue weighted by Crippen LogP contribution is 2.37. The van der Waals surface area contributed by atoms with E-state index < -0.39 is 0 Å². The van der Waals surface area contributed by atoms with Gasteiger partial charge in [-0.1, -0.05) is 0 Å². The normalized spacial score (nSPS) is 10.5. The smallest absolute Gasteiger partial charge is 0.293 e. The van der Waals surface area contributed by atoms with Crippen LogP contribution in [0.2, 0.25) is 0 Å². The Morgan fingerprint density at radius 3 is 2.54 bits per heavy atom. The summed E-state index contributed by atoms with van der Waals surface area (Å²) in [6, 6.07) is 4.53. The Morgan fingerprint density at radius 2 is 1.85 bits per heavy atom. The maximum absolute atomic E-state index is 9.18. The number of hydrogen-bond donors (Lipinski definition) is 3. The molecule has 0 aliphatic heterocycles. The van der Waals surface area contributed by atoms with E-state index in [0.717, 1.165) is 0 Å². The van der Waals surface area contributed by atoms with E-state index in [0.29, 0.717) is 16.5 Å². The topological polar surface area (TPSA) is 89.8 Å². The summed E-state index contributed by atoms with van der Waals surface area (Å²) in [6.45, 7) is 0. The molecule has 1 heterocycles. The van der Waals surface area contributed by atoms with E-state index >= 15 is 0 Å². The largest absolute Gasteiger partial charge is 0.480 e. The van der Waals surface area contributed by atoms with Crippen molar-refractivity contribution < 1.29 is 14.6 Å². The number of nitrogens with zero attached hydrogens (tertiary/aromatic N) is 1. The molecule has 1 aromatic carbocycles. The zero-order valence-electron chi connectivity index (χ0n) is 6.48. The molecule has 0 spiro atoms. The molecule has 66 valence electrons. The van der Waals surface area contributed by atoms with Crippen molar-refractivity contribution in [2.45, 2.75) is 0 Å². The molecule has 0 bridgehead atoms. The molecule has 0 saturated carbocycles. The van der Waals surface area contributed by atoms with E-state index in [2.05, 4.69) is 9.53 Å². The fraction of sp³-hybridized carbons (Fsp3) is 0. The van der Waals surface area contributed by atoms with E-state index in [-0.39, 0.29) is 11.9 Å². The highest BCUT2D eigenvalue weighted by molar-refractivity contribution is 5.92. The van der Waals surface area contributed by atoms with Crippen LogP contribution in [0.5, 0.6) is 11.9 Å². The van der Waals surface area contributed by atoms with Gasteiger partial charge in [-0.05, 0) is 18.2 Å². The highest BCUT2D eigenvalue weighted by atomic mass is 16.5. The molecule has 1 aromatic heterocycles. The van der Waals surface area contributed by atoms with Crippen LogP contribution in [0.15, 0.2) is 27.7 Å². The van der Waals surface area contributed by atoms with Gasteiger partial charge in [-0.15, -0.1) is 0 Å². The summed E-state index contributed by atoms with van der Waals surface area (Å²) in [7, 11) is 0. The van der Waals surface area contributed by atoms with Crippen LogP contribution in [-0.4, -0.2) is 10.2 Å². The number of aromatic hydroxyl groups is 2. The van der Waals surface area contributed by atoms with Crippen LogP contribution in [0.3, 0.4) is 0 Å². The van der Waals surface area contributed by atoms with Crippen LogP contribution in [0.4, 0.5) is 5.69 Å². The minimum atomic E-state index is -0.363. The Balaban J connectivity index is 2.83. The van der Waals surface area contributed by atoms with E-state index in [1.807, 2.05) is 0 Å². The van der Waals surface area contributed by atoms with Crippen LogP contribution >= 0.6 is 0 Å². The molecule has 3 N–H and O–H groups in total. The van der Waals surface area contributed by atoms with Gasteiger partial charge in [0.1, 0.15) is 0 Å². The maximum atomic E-state index is 9.18. The lowest BCUT2D eigenvalue weighted by Crippen LogP contribution is -1.65. The summed E-state index contributed by atoms with van der Waals surface area (Å²) in [4.78, 5) is 0. The minimum Gasteiger partial charge on any atom is -0.480 e. The average Bonchev–Trinajstić information content (AvgIpc) is 2.42. The first-order valence-electron chi connectivity index (χ1n) is 3.54. The zero-order valence-corrected chi connectivity index (χ0v) is 6.48. The molecule has 0 radical (unpaired) electrons. The summed E-state index contributed by atoms with van der Waals surface area (Å²) in [5, 5.41) is 22.3. The molecule has 2 rings (SSSR count).